The molecule has 1 aromatic carbocycles. The van der Waals surface area contributed by atoms with Crippen molar-refractivity contribution in [2.24, 2.45) is 23.2 Å². The molecule has 3 heterocycles. The molecule has 1 N–H and O–H groups in total. The number of pyridine rings is 1. The van der Waals surface area contributed by atoms with E-state index >= 15 is 0 Å². The zero-order chi connectivity index (χ0) is 21.3. The van der Waals surface area contributed by atoms with Crippen molar-refractivity contribution in [3.05, 3.63) is 65.5 Å². The summed E-state index contributed by atoms with van der Waals surface area (Å²) in [6.45, 7) is 2.53. The van der Waals surface area contributed by atoms with E-state index in [0.717, 1.165) is 25.7 Å². The molecule has 8 atom stereocenters. The van der Waals surface area contributed by atoms with Gasteiger partial charge in [-0.2, -0.15) is 0 Å². The van der Waals surface area contributed by atoms with Crippen molar-refractivity contribution < 1.29 is 9.84 Å². The SMILES string of the molecule is C[C@]12CC=C3C=C4[C@H]5C[C@H]5[C@@H](O)C[C@]45CCC3(O5)[C@@H]1CCC2c1ccc2ccncc2c1. The lowest BCUT2D eigenvalue weighted by Crippen LogP contribution is -2.54. The molecule has 1 saturated heterocycles. The third kappa shape index (κ3) is 2.09. The Hall–Kier alpha value is -1.97. The van der Waals surface area contributed by atoms with Gasteiger partial charge >= 0.3 is 0 Å². The van der Waals surface area contributed by atoms with Gasteiger partial charge in [0.2, 0.25) is 0 Å². The molecular weight excluding hydrogens is 394 g/mol. The van der Waals surface area contributed by atoms with E-state index in [1.54, 1.807) is 0 Å². The summed E-state index contributed by atoms with van der Waals surface area (Å²) in [4.78, 5) is 4.36. The number of aromatic nitrogens is 1. The Bertz CT molecular complexity index is 1230. The van der Waals surface area contributed by atoms with Gasteiger partial charge < -0.3 is 9.84 Å². The van der Waals surface area contributed by atoms with Gasteiger partial charge in [0, 0.05) is 24.2 Å². The predicted molar refractivity (Wildman–Crippen MR) is 124 cm³/mol. The maximum atomic E-state index is 10.8. The van der Waals surface area contributed by atoms with Crippen LogP contribution in [-0.4, -0.2) is 27.4 Å². The Morgan fingerprint density at radius 1 is 1.12 bits per heavy atom. The monoisotopic (exact) mass is 425 g/mol. The highest BCUT2D eigenvalue weighted by atomic mass is 16.5. The summed E-state index contributed by atoms with van der Waals surface area (Å²) in [7, 11) is 0. The third-order valence-corrected chi connectivity index (χ3v) is 10.6. The van der Waals surface area contributed by atoms with Crippen LogP contribution >= 0.6 is 0 Å². The zero-order valence-electron chi connectivity index (χ0n) is 18.8. The number of benzene rings is 1. The largest absolute Gasteiger partial charge is 0.393 e. The molecule has 32 heavy (non-hydrogen) atoms. The second-order valence-corrected chi connectivity index (χ2v) is 11.9. The van der Waals surface area contributed by atoms with Gasteiger partial charge in [0.15, 0.2) is 0 Å². The average Bonchev–Trinajstić information content (AvgIpc) is 3.44. The van der Waals surface area contributed by atoms with Crippen LogP contribution in [0.4, 0.5) is 0 Å². The number of aliphatic hydroxyl groups excluding tert-OH is 1. The first-order chi connectivity index (χ1) is 15.5. The van der Waals surface area contributed by atoms with Gasteiger partial charge in [0.1, 0.15) is 0 Å². The Labute approximate surface area is 189 Å². The fraction of sp³-hybridized carbons (Fsp3) is 0.552. The molecule has 8 rings (SSSR count). The molecule has 2 aromatic rings. The van der Waals surface area contributed by atoms with E-state index in [1.165, 1.54) is 46.7 Å². The molecule has 1 aromatic heterocycles. The Kier molecular flexibility index (Phi) is 3.31. The van der Waals surface area contributed by atoms with Crippen LogP contribution in [-0.2, 0) is 4.74 Å². The molecule has 2 bridgehead atoms. The molecule has 2 unspecified atom stereocenters. The number of aliphatic hydroxyl groups is 1. The smallest absolute Gasteiger partial charge is 0.0975 e. The summed E-state index contributed by atoms with van der Waals surface area (Å²) in [6, 6.07) is 9.13. The number of fused-ring (bicyclic) bond motifs is 4. The van der Waals surface area contributed by atoms with Crippen LogP contribution in [0.1, 0.15) is 63.4 Å². The molecule has 2 aliphatic heterocycles. The molecule has 2 spiro atoms. The van der Waals surface area contributed by atoms with Crippen molar-refractivity contribution in [3.8, 4) is 0 Å². The van der Waals surface area contributed by atoms with Gasteiger partial charge in [-0.15, -0.1) is 0 Å². The number of hydrogen-bond donors (Lipinski definition) is 1. The van der Waals surface area contributed by atoms with Crippen LogP contribution in [0, 0.1) is 23.2 Å². The number of hydrogen-bond acceptors (Lipinski definition) is 3. The lowest BCUT2D eigenvalue weighted by atomic mass is 9.58. The molecule has 4 aliphatic carbocycles. The lowest BCUT2D eigenvalue weighted by molar-refractivity contribution is -0.145. The summed E-state index contributed by atoms with van der Waals surface area (Å²) in [6.07, 6.45) is 16.6. The number of rotatable bonds is 1. The normalized spacial score (nSPS) is 47.8. The van der Waals surface area contributed by atoms with Crippen molar-refractivity contribution in [1.82, 2.24) is 4.98 Å². The van der Waals surface area contributed by atoms with E-state index in [2.05, 4.69) is 48.3 Å². The van der Waals surface area contributed by atoms with E-state index in [0.29, 0.717) is 23.7 Å². The highest BCUT2D eigenvalue weighted by Gasteiger charge is 2.69. The van der Waals surface area contributed by atoms with Gasteiger partial charge in [-0.05, 0) is 102 Å². The van der Waals surface area contributed by atoms with Crippen LogP contribution in [0.2, 0.25) is 0 Å². The van der Waals surface area contributed by atoms with Crippen LogP contribution < -0.4 is 0 Å². The van der Waals surface area contributed by atoms with Crippen molar-refractivity contribution in [2.45, 2.75) is 75.1 Å². The first-order valence-electron chi connectivity index (χ1n) is 12.7. The quantitative estimate of drug-likeness (QED) is 0.638. The maximum Gasteiger partial charge on any atom is 0.0975 e. The van der Waals surface area contributed by atoms with Crippen molar-refractivity contribution in [3.63, 3.8) is 0 Å². The Morgan fingerprint density at radius 2 is 2.06 bits per heavy atom. The van der Waals surface area contributed by atoms with Crippen LogP contribution in [0.15, 0.2) is 60.0 Å². The van der Waals surface area contributed by atoms with Crippen molar-refractivity contribution in [2.75, 3.05) is 0 Å². The van der Waals surface area contributed by atoms with Gasteiger partial charge in [-0.3, -0.25) is 4.98 Å². The first-order valence-corrected chi connectivity index (χ1v) is 12.7. The molecule has 0 radical (unpaired) electrons. The Morgan fingerprint density at radius 3 is 3.00 bits per heavy atom. The molecule has 3 saturated carbocycles. The fourth-order valence-corrected chi connectivity index (χ4v) is 9.02. The van der Waals surface area contributed by atoms with Gasteiger partial charge in [-0.25, -0.2) is 0 Å². The van der Waals surface area contributed by atoms with Crippen molar-refractivity contribution >= 4 is 10.8 Å². The summed E-state index contributed by atoms with van der Waals surface area (Å²) >= 11 is 0. The zero-order valence-corrected chi connectivity index (χ0v) is 18.8. The predicted octanol–water partition coefficient (Wildman–Crippen LogP) is 5.69. The van der Waals surface area contributed by atoms with E-state index in [-0.39, 0.29) is 22.7 Å². The molecule has 3 heteroatoms. The third-order valence-electron chi connectivity index (χ3n) is 10.6. The molecular formula is C29H31NO2. The summed E-state index contributed by atoms with van der Waals surface area (Å²) < 4.78 is 7.27. The lowest BCUT2D eigenvalue weighted by Gasteiger charge is -2.54. The minimum Gasteiger partial charge on any atom is -0.393 e. The van der Waals surface area contributed by atoms with E-state index in [4.69, 9.17) is 4.74 Å². The second-order valence-electron chi connectivity index (χ2n) is 11.9. The molecule has 4 fully saturated rings. The van der Waals surface area contributed by atoms with Gasteiger partial charge in [0.25, 0.3) is 0 Å². The van der Waals surface area contributed by atoms with Crippen LogP contribution in [0.3, 0.4) is 0 Å². The Balaban J connectivity index is 1.22. The van der Waals surface area contributed by atoms with Crippen LogP contribution in [0.5, 0.6) is 0 Å². The maximum absolute atomic E-state index is 10.8. The number of allylic oxidation sites excluding steroid dienone is 1. The number of nitrogens with zero attached hydrogens (tertiary/aromatic N) is 1. The minimum atomic E-state index is -0.181. The topological polar surface area (TPSA) is 42.4 Å². The average molecular weight is 426 g/mol. The van der Waals surface area contributed by atoms with E-state index in [1.807, 2.05) is 12.4 Å². The number of ether oxygens (including phenoxy) is 1. The molecule has 164 valence electrons. The van der Waals surface area contributed by atoms with E-state index < -0.39 is 0 Å². The second kappa shape index (κ2) is 5.74. The van der Waals surface area contributed by atoms with Gasteiger partial charge in [-0.1, -0.05) is 31.2 Å². The highest BCUT2D eigenvalue weighted by Crippen LogP contribution is 2.71. The molecule has 3 nitrogen and oxygen atoms in total. The van der Waals surface area contributed by atoms with Crippen LogP contribution in [0.25, 0.3) is 10.8 Å². The fourth-order valence-electron chi connectivity index (χ4n) is 9.02. The van der Waals surface area contributed by atoms with Crippen molar-refractivity contribution in [1.29, 1.82) is 0 Å². The summed E-state index contributed by atoms with van der Waals surface area (Å²) in [5.41, 5.74) is 4.38. The standard InChI is InChI=1S/C29H31NO2/c1-27-8-6-20-13-24-21-14-22(21)25(31)15-28(24)9-10-29(20,32-28)26(27)5-4-23(27)18-3-2-17-7-11-30-16-19(17)12-18/h2-3,6-7,11-13,16,21-23,25-26,31H,4-5,8-10,14-15H2,1H3/t21-,22+,23?,25-,26+,27+,28+,29?/m0/s1. The van der Waals surface area contributed by atoms with Gasteiger partial charge in [0.05, 0.1) is 17.3 Å². The summed E-state index contributed by atoms with van der Waals surface area (Å²) in [5.74, 6) is 2.18. The summed E-state index contributed by atoms with van der Waals surface area (Å²) in [5, 5.41) is 13.3. The molecule has 0 amide bonds. The van der Waals surface area contributed by atoms with E-state index in [9.17, 15) is 5.11 Å². The molecule has 6 aliphatic rings. The first kappa shape index (κ1) is 18.5. The minimum absolute atomic E-state index is 0.134. The highest BCUT2D eigenvalue weighted by molar-refractivity contribution is 5.82.